The molecule has 6 heteroatoms. The van der Waals surface area contributed by atoms with Gasteiger partial charge in [-0.2, -0.15) is 0 Å². The summed E-state index contributed by atoms with van der Waals surface area (Å²) in [4.78, 5) is 27.0. The van der Waals surface area contributed by atoms with Gasteiger partial charge in [0.2, 0.25) is 0 Å². The van der Waals surface area contributed by atoms with Crippen LogP contribution in [0.3, 0.4) is 0 Å². The van der Waals surface area contributed by atoms with E-state index in [0.29, 0.717) is 32.2 Å². The Bertz CT molecular complexity index is 329. The van der Waals surface area contributed by atoms with Crippen LogP contribution in [0.25, 0.3) is 0 Å². The quantitative estimate of drug-likeness (QED) is 0.740. The lowest BCUT2D eigenvalue weighted by Gasteiger charge is -2.38. The summed E-state index contributed by atoms with van der Waals surface area (Å²) in [5.41, 5.74) is -1.23. The fourth-order valence-corrected chi connectivity index (χ4v) is 1.96. The Hall–Kier alpha value is -1.30. The minimum atomic E-state index is -1.23. The number of ether oxygens (including phenoxy) is 1. The van der Waals surface area contributed by atoms with Crippen LogP contribution in [0.4, 0.5) is 4.79 Å². The van der Waals surface area contributed by atoms with Crippen LogP contribution in [0.1, 0.15) is 34.6 Å². The maximum absolute atomic E-state index is 12.6. The SMILES string of the molecule is CCN(C(=O)N(CCOC)CC(C)C)C(C)(C)C(=O)O. The number of amides is 2. The Kier molecular flexibility index (Phi) is 7.57. The Balaban J connectivity index is 5.12. The number of carboxylic acids is 1. The zero-order chi connectivity index (χ0) is 15.9. The molecule has 1 N–H and O–H groups in total. The highest BCUT2D eigenvalue weighted by molar-refractivity contribution is 5.85. The molecule has 20 heavy (non-hydrogen) atoms. The molecule has 0 saturated carbocycles. The first kappa shape index (κ1) is 18.7. The number of carbonyl (C=O) groups excluding carboxylic acids is 1. The van der Waals surface area contributed by atoms with Gasteiger partial charge < -0.3 is 19.6 Å². The van der Waals surface area contributed by atoms with E-state index >= 15 is 0 Å². The molecule has 118 valence electrons. The van der Waals surface area contributed by atoms with Crippen molar-refractivity contribution < 1.29 is 19.4 Å². The zero-order valence-electron chi connectivity index (χ0n) is 13.5. The van der Waals surface area contributed by atoms with Crippen LogP contribution < -0.4 is 0 Å². The van der Waals surface area contributed by atoms with Gasteiger partial charge in [-0.1, -0.05) is 13.8 Å². The molecule has 0 aliphatic rings. The molecule has 0 rings (SSSR count). The van der Waals surface area contributed by atoms with Crippen LogP contribution in [-0.2, 0) is 9.53 Å². The first-order valence-electron chi connectivity index (χ1n) is 6.97. The minimum Gasteiger partial charge on any atom is -0.480 e. The molecular weight excluding hydrogens is 260 g/mol. The molecule has 0 bridgehead atoms. The molecule has 0 atom stereocenters. The van der Waals surface area contributed by atoms with Gasteiger partial charge in [0, 0.05) is 26.7 Å². The van der Waals surface area contributed by atoms with Crippen molar-refractivity contribution >= 4 is 12.0 Å². The van der Waals surface area contributed by atoms with Gasteiger partial charge in [0.15, 0.2) is 0 Å². The molecule has 6 nitrogen and oxygen atoms in total. The van der Waals surface area contributed by atoms with Crippen molar-refractivity contribution in [2.45, 2.75) is 40.2 Å². The van der Waals surface area contributed by atoms with Gasteiger partial charge in [0.25, 0.3) is 0 Å². The van der Waals surface area contributed by atoms with Crippen LogP contribution >= 0.6 is 0 Å². The lowest BCUT2D eigenvalue weighted by atomic mass is 10.0. The lowest BCUT2D eigenvalue weighted by Crippen LogP contribution is -2.57. The molecule has 0 aromatic carbocycles. The molecule has 0 aromatic heterocycles. The van der Waals surface area contributed by atoms with Crippen LogP contribution in [0.2, 0.25) is 0 Å². The summed E-state index contributed by atoms with van der Waals surface area (Å²) in [6.07, 6.45) is 0. The second kappa shape index (κ2) is 8.09. The Morgan fingerprint density at radius 1 is 1.30 bits per heavy atom. The number of urea groups is 1. The van der Waals surface area contributed by atoms with Gasteiger partial charge in [-0.3, -0.25) is 0 Å². The van der Waals surface area contributed by atoms with Crippen molar-refractivity contribution in [2.75, 3.05) is 33.4 Å². The number of nitrogens with zero attached hydrogens (tertiary/aromatic N) is 2. The molecule has 0 fully saturated rings. The van der Waals surface area contributed by atoms with Crippen molar-refractivity contribution in [3.05, 3.63) is 0 Å². The molecule has 0 aromatic rings. The fourth-order valence-electron chi connectivity index (χ4n) is 1.96. The normalized spacial score (nSPS) is 11.6. The number of aliphatic carboxylic acids is 1. The highest BCUT2D eigenvalue weighted by Gasteiger charge is 2.38. The van der Waals surface area contributed by atoms with Gasteiger partial charge in [-0.15, -0.1) is 0 Å². The molecule has 0 radical (unpaired) electrons. The number of rotatable bonds is 8. The summed E-state index contributed by atoms with van der Waals surface area (Å²) in [6, 6.07) is -0.259. The van der Waals surface area contributed by atoms with Gasteiger partial charge in [0.1, 0.15) is 5.54 Å². The molecule has 0 aliphatic heterocycles. The van der Waals surface area contributed by atoms with E-state index in [1.54, 1.807) is 32.8 Å². The smallest absolute Gasteiger partial charge is 0.329 e. The zero-order valence-corrected chi connectivity index (χ0v) is 13.5. The van der Waals surface area contributed by atoms with Gasteiger partial charge in [-0.25, -0.2) is 9.59 Å². The van der Waals surface area contributed by atoms with E-state index in [9.17, 15) is 14.7 Å². The van der Waals surface area contributed by atoms with Crippen molar-refractivity contribution in [1.29, 1.82) is 0 Å². The number of hydrogen-bond donors (Lipinski definition) is 1. The molecule has 0 unspecified atom stereocenters. The molecule has 0 saturated heterocycles. The van der Waals surface area contributed by atoms with E-state index in [1.807, 2.05) is 13.8 Å². The number of carbonyl (C=O) groups is 2. The van der Waals surface area contributed by atoms with Crippen molar-refractivity contribution in [1.82, 2.24) is 9.80 Å². The average molecular weight is 288 g/mol. The summed E-state index contributed by atoms with van der Waals surface area (Å²) >= 11 is 0. The van der Waals surface area contributed by atoms with Crippen LogP contribution in [0.5, 0.6) is 0 Å². The van der Waals surface area contributed by atoms with Gasteiger partial charge >= 0.3 is 12.0 Å². The predicted molar refractivity (Wildman–Crippen MR) is 77.8 cm³/mol. The third-order valence-electron chi connectivity index (χ3n) is 3.17. The Morgan fingerprint density at radius 3 is 2.20 bits per heavy atom. The fraction of sp³-hybridized carbons (Fsp3) is 0.857. The van der Waals surface area contributed by atoms with Crippen LogP contribution in [-0.4, -0.2) is 65.8 Å². The number of methoxy groups -OCH3 is 1. The van der Waals surface area contributed by atoms with Gasteiger partial charge in [-0.05, 0) is 26.7 Å². The summed E-state index contributed by atoms with van der Waals surface area (Å²) in [5.74, 6) is -0.702. The average Bonchev–Trinajstić information content (AvgIpc) is 2.34. The predicted octanol–water partition coefficient (Wildman–Crippen LogP) is 1.90. The van der Waals surface area contributed by atoms with Crippen molar-refractivity contribution in [3.63, 3.8) is 0 Å². The third kappa shape index (κ3) is 5.00. The number of hydrogen-bond acceptors (Lipinski definition) is 3. The standard InChI is InChI=1S/C14H28N2O4/c1-7-16(14(4,5)12(17)18)13(19)15(8-9-20-6)10-11(2)3/h11H,7-10H2,1-6H3,(H,17,18). The third-order valence-corrected chi connectivity index (χ3v) is 3.17. The second-order valence-corrected chi connectivity index (χ2v) is 5.72. The van der Waals surface area contributed by atoms with Crippen molar-refractivity contribution in [2.24, 2.45) is 5.92 Å². The lowest BCUT2D eigenvalue weighted by molar-refractivity contribution is -0.147. The van der Waals surface area contributed by atoms with Crippen LogP contribution in [0, 0.1) is 5.92 Å². The van der Waals surface area contributed by atoms with E-state index in [1.165, 1.54) is 4.90 Å². The highest BCUT2D eigenvalue weighted by Crippen LogP contribution is 2.17. The Morgan fingerprint density at radius 2 is 1.85 bits per heavy atom. The van der Waals surface area contributed by atoms with E-state index in [-0.39, 0.29) is 6.03 Å². The first-order valence-corrected chi connectivity index (χ1v) is 6.97. The number of carboxylic acid groups (broad SMARTS) is 1. The van der Waals surface area contributed by atoms with Gasteiger partial charge in [0.05, 0.1) is 6.61 Å². The maximum Gasteiger partial charge on any atom is 0.329 e. The monoisotopic (exact) mass is 288 g/mol. The highest BCUT2D eigenvalue weighted by atomic mass is 16.5. The summed E-state index contributed by atoms with van der Waals surface area (Å²) in [6.45, 7) is 10.7. The van der Waals surface area contributed by atoms with E-state index in [2.05, 4.69) is 0 Å². The maximum atomic E-state index is 12.6. The Labute approximate surface area is 121 Å². The van der Waals surface area contributed by atoms with Crippen LogP contribution in [0.15, 0.2) is 0 Å². The van der Waals surface area contributed by atoms with Crippen molar-refractivity contribution in [3.8, 4) is 0 Å². The minimum absolute atomic E-state index is 0.259. The molecule has 0 heterocycles. The summed E-state index contributed by atoms with van der Waals surface area (Å²) in [7, 11) is 1.58. The largest absolute Gasteiger partial charge is 0.480 e. The topological polar surface area (TPSA) is 70.1 Å². The number of likely N-dealkylation sites (N-methyl/N-ethyl adjacent to an activating group) is 1. The first-order chi connectivity index (χ1) is 9.18. The molecule has 0 aliphatic carbocycles. The molecular formula is C14H28N2O4. The molecule has 0 spiro atoms. The second-order valence-electron chi connectivity index (χ2n) is 5.72. The summed E-state index contributed by atoms with van der Waals surface area (Å²) < 4.78 is 5.02. The van der Waals surface area contributed by atoms with E-state index in [4.69, 9.17) is 4.74 Å². The van der Waals surface area contributed by atoms with E-state index in [0.717, 1.165) is 0 Å². The molecule has 2 amide bonds. The van der Waals surface area contributed by atoms with E-state index < -0.39 is 11.5 Å². The summed E-state index contributed by atoms with van der Waals surface area (Å²) in [5, 5.41) is 9.29.